The zero-order chi connectivity index (χ0) is 12.8. The number of allylic oxidation sites excluding steroid dienone is 1. The quantitative estimate of drug-likeness (QED) is 0.768. The van der Waals surface area contributed by atoms with E-state index in [0.29, 0.717) is 0 Å². The third-order valence-corrected chi connectivity index (χ3v) is 4.67. The van der Waals surface area contributed by atoms with Crippen LogP contribution in [0.4, 0.5) is 0 Å². The first-order chi connectivity index (χ1) is 8.78. The average molecular weight is 251 g/mol. The summed E-state index contributed by atoms with van der Waals surface area (Å²) in [5.74, 6) is 0. The Morgan fingerprint density at radius 2 is 1.89 bits per heavy atom. The molecular formula is C16H29NO. The van der Waals surface area contributed by atoms with Gasteiger partial charge >= 0.3 is 0 Å². The van der Waals surface area contributed by atoms with Crippen LogP contribution in [-0.4, -0.2) is 18.2 Å². The Kier molecular flexibility index (Phi) is 5.25. The van der Waals surface area contributed by atoms with Crippen LogP contribution in [0.5, 0.6) is 0 Å². The van der Waals surface area contributed by atoms with E-state index in [4.69, 9.17) is 10.5 Å². The normalized spacial score (nSPS) is 26.2. The number of ether oxygens (including phenoxy) is 1. The van der Waals surface area contributed by atoms with Crippen LogP contribution in [0.25, 0.3) is 0 Å². The molecule has 0 amide bonds. The van der Waals surface area contributed by atoms with Crippen LogP contribution in [0.2, 0.25) is 0 Å². The molecule has 0 aromatic carbocycles. The van der Waals surface area contributed by atoms with Gasteiger partial charge in [0.05, 0.1) is 11.6 Å². The summed E-state index contributed by atoms with van der Waals surface area (Å²) in [5, 5.41) is 0. The molecule has 0 radical (unpaired) electrons. The second-order valence-electron chi connectivity index (χ2n) is 5.91. The minimum Gasteiger partial charge on any atom is -0.373 e. The van der Waals surface area contributed by atoms with E-state index in [1.165, 1.54) is 56.9 Å². The van der Waals surface area contributed by atoms with Crippen LogP contribution < -0.4 is 5.73 Å². The average Bonchev–Trinajstić information content (AvgIpc) is 2.78. The Balaban J connectivity index is 2.08. The minimum atomic E-state index is -0.0419. The Morgan fingerprint density at radius 3 is 2.61 bits per heavy atom. The first-order valence-electron chi connectivity index (χ1n) is 7.87. The van der Waals surface area contributed by atoms with Crippen LogP contribution in [0.15, 0.2) is 11.6 Å². The monoisotopic (exact) mass is 251 g/mol. The van der Waals surface area contributed by atoms with Gasteiger partial charge in [-0.25, -0.2) is 0 Å². The molecule has 18 heavy (non-hydrogen) atoms. The molecule has 0 spiro atoms. The maximum Gasteiger partial charge on any atom is 0.0870 e. The molecule has 2 N–H and O–H groups in total. The zero-order valence-corrected chi connectivity index (χ0v) is 11.9. The highest BCUT2D eigenvalue weighted by atomic mass is 16.5. The Hall–Kier alpha value is -0.340. The lowest BCUT2D eigenvalue weighted by atomic mass is 9.83. The molecule has 1 fully saturated rings. The van der Waals surface area contributed by atoms with Gasteiger partial charge in [0.15, 0.2) is 0 Å². The number of hydrogen-bond donors (Lipinski definition) is 1. The molecule has 104 valence electrons. The highest BCUT2D eigenvalue weighted by molar-refractivity contribution is 5.18. The minimum absolute atomic E-state index is 0.0419. The van der Waals surface area contributed by atoms with Crippen LogP contribution in [0, 0.1) is 0 Å². The van der Waals surface area contributed by atoms with Crippen molar-refractivity contribution in [3.63, 3.8) is 0 Å². The summed E-state index contributed by atoms with van der Waals surface area (Å²) >= 11 is 0. The molecule has 2 rings (SSSR count). The molecule has 2 aliphatic rings. The predicted molar refractivity (Wildman–Crippen MR) is 76.6 cm³/mol. The summed E-state index contributed by atoms with van der Waals surface area (Å²) in [7, 11) is 0. The lowest BCUT2D eigenvalue weighted by molar-refractivity contribution is -0.0455. The van der Waals surface area contributed by atoms with Crippen molar-refractivity contribution >= 4 is 0 Å². The van der Waals surface area contributed by atoms with Gasteiger partial charge in [-0.3, -0.25) is 0 Å². The Labute approximate surface area is 112 Å². The van der Waals surface area contributed by atoms with Gasteiger partial charge in [0, 0.05) is 6.61 Å². The van der Waals surface area contributed by atoms with E-state index in [-0.39, 0.29) is 11.6 Å². The SMILES string of the molecule is CCOC1(C(N)C2=CCCCCCC2)CCCC1. The molecule has 0 heterocycles. The third kappa shape index (κ3) is 3.16. The molecule has 0 aromatic rings. The summed E-state index contributed by atoms with van der Waals surface area (Å²) in [6.45, 7) is 2.89. The van der Waals surface area contributed by atoms with Crippen LogP contribution in [0.3, 0.4) is 0 Å². The maximum absolute atomic E-state index is 6.60. The van der Waals surface area contributed by atoms with Gasteiger partial charge < -0.3 is 10.5 Å². The summed E-state index contributed by atoms with van der Waals surface area (Å²) in [6.07, 6.45) is 15.1. The molecule has 0 bridgehead atoms. The van der Waals surface area contributed by atoms with Crippen molar-refractivity contribution in [2.45, 2.75) is 82.8 Å². The largest absolute Gasteiger partial charge is 0.373 e. The van der Waals surface area contributed by atoms with Crippen molar-refractivity contribution in [3.05, 3.63) is 11.6 Å². The predicted octanol–water partition coefficient (Wildman–Crippen LogP) is 3.94. The number of rotatable bonds is 4. The Bertz CT molecular complexity index is 279. The smallest absolute Gasteiger partial charge is 0.0870 e. The van der Waals surface area contributed by atoms with Crippen molar-refractivity contribution < 1.29 is 4.74 Å². The third-order valence-electron chi connectivity index (χ3n) is 4.67. The molecule has 2 nitrogen and oxygen atoms in total. The van der Waals surface area contributed by atoms with Gasteiger partial charge in [-0.15, -0.1) is 0 Å². The summed E-state index contributed by atoms with van der Waals surface area (Å²) in [5.41, 5.74) is 8.04. The molecule has 0 aromatic heterocycles. The molecule has 0 saturated heterocycles. The van der Waals surface area contributed by atoms with E-state index < -0.39 is 0 Å². The highest BCUT2D eigenvalue weighted by Gasteiger charge is 2.41. The number of nitrogens with two attached hydrogens (primary N) is 1. The molecule has 0 aliphatic heterocycles. The molecular weight excluding hydrogens is 222 g/mol. The first kappa shape index (κ1) is 14.1. The van der Waals surface area contributed by atoms with Crippen molar-refractivity contribution in [1.29, 1.82) is 0 Å². The summed E-state index contributed by atoms with van der Waals surface area (Å²) < 4.78 is 6.11. The van der Waals surface area contributed by atoms with Gasteiger partial charge in [-0.05, 0) is 45.4 Å². The molecule has 2 heteroatoms. The lowest BCUT2D eigenvalue weighted by Crippen LogP contribution is -2.49. The lowest BCUT2D eigenvalue weighted by Gasteiger charge is -2.37. The van der Waals surface area contributed by atoms with Gasteiger partial charge in [-0.2, -0.15) is 0 Å². The van der Waals surface area contributed by atoms with Crippen molar-refractivity contribution in [1.82, 2.24) is 0 Å². The van der Waals surface area contributed by atoms with E-state index in [0.717, 1.165) is 19.4 Å². The second kappa shape index (κ2) is 6.72. The molecule has 1 saturated carbocycles. The molecule has 1 unspecified atom stereocenters. The van der Waals surface area contributed by atoms with E-state index in [9.17, 15) is 0 Å². The highest BCUT2D eigenvalue weighted by Crippen LogP contribution is 2.39. The van der Waals surface area contributed by atoms with Gasteiger partial charge in [0.25, 0.3) is 0 Å². The summed E-state index contributed by atoms with van der Waals surface area (Å²) in [4.78, 5) is 0. The van der Waals surface area contributed by atoms with Crippen molar-refractivity contribution in [3.8, 4) is 0 Å². The van der Waals surface area contributed by atoms with E-state index in [1.54, 1.807) is 0 Å². The van der Waals surface area contributed by atoms with Crippen molar-refractivity contribution in [2.75, 3.05) is 6.61 Å². The fourth-order valence-corrected chi connectivity index (χ4v) is 3.64. The second-order valence-corrected chi connectivity index (χ2v) is 5.91. The Morgan fingerprint density at radius 1 is 1.17 bits per heavy atom. The van der Waals surface area contributed by atoms with Gasteiger partial charge in [0.1, 0.15) is 0 Å². The van der Waals surface area contributed by atoms with Crippen LogP contribution >= 0.6 is 0 Å². The van der Waals surface area contributed by atoms with E-state index in [1.807, 2.05) is 0 Å². The van der Waals surface area contributed by atoms with E-state index >= 15 is 0 Å². The zero-order valence-electron chi connectivity index (χ0n) is 11.9. The first-order valence-corrected chi connectivity index (χ1v) is 7.87. The van der Waals surface area contributed by atoms with Crippen molar-refractivity contribution in [2.24, 2.45) is 5.73 Å². The van der Waals surface area contributed by atoms with Crippen LogP contribution in [0.1, 0.15) is 71.1 Å². The standard InChI is InChI=1S/C16H29NO/c1-2-18-16(12-8-9-13-16)15(17)14-10-6-4-3-5-7-11-14/h10,15H,2-9,11-13,17H2,1H3. The topological polar surface area (TPSA) is 35.2 Å². The van der Waals surface area contributed by atoms with E-state index in [2.05, 4.69) is 13.0 Å². The van der Waals surface area contributed by atoms with Gasteiger partial charge in [0.2, 0.25) is 0 Å². The maximum atomic E-state index is 6.60. The van der Waals surface area contributed by atoms with Crippen LogP contribution in [-0.2, 0) is 4.74 Å². The fourth-order valence-electron chi connectivity index (χ4n) is 3.64. The van der Waals surface area contributed by atoms with Gasteiger partial charge in [-0.1, -0.05) is 37.3 Å². The number of hydrogen-bond acceptors (Lipinski definition) is 2. The molecule has 1 atom stereocenters. The summed E-state index contributed by atoms with van der Waals surface area (Å²) in [6, 6.07) is 0.137. The molecule has 2 aliphatic carbocycles. The fraction of sp³-hybridized carbons (Fsp3) is 0.875.